The lowest BCUT2D eigenvalue weighted by atomic mass is 10.3. The third-order valence-electron chi connectivity index (χ3n) is 3.02. The largest absolute Gasteiger partial charge is 0.337 e. The van der Waals surface area contributed by atoms with Crippen LogP contribution in [-0.2, 0) is 4.79 Å². The van der Waals surface area contributed by atoms with Crippen LogP contribution in [-0.4, -0.2) is 22.7 Å². The van der Waals surface area contributed by atoms with Gasteiger partial charge in [0.2, 0.25) is 5.91 Å². The van der Waals surface area contributed by atoms with Crippen LogP contribution in [0.2, 0.25) is 5.02 Å². The molecular weight excluding hydrogens is 380 g/mol. The Morgan fingerprint density at radius 2 is 1.84 bits per heavy atom. The molecule has 2 aromatic carbocycles. The number of urea groups is 1. The van der Waals surface area contributed by atoms with Gasteiger partial charge in [0.1, 0.15) is 0 Å². The van der Waals surface area contributed by atoms with Crippen LogP contribution in [0.4, 0.5) is 10.5 Å². The number of para-hydroxylation sites is 1. The van der Waals surface area contributed by atoms with E-state index >= 15 is 0 Å². The molecule has 0 radical (unpaired) electrons. The van der Waals surface area contributed by atoms with E-state index in [0.29, 0.717) is 10.7 Å². The number of carbonyl (C=O) groups is 2. The Morgan fingerprint density at radius 3 is 2.60 bits per heavy atom. The first-order chi connectivity index (χ1) is 12.1. The summed E-state index contributed by atoms with van der Waals surface area (Å²) in [6.45, 7) is 0. The number of fused-ring (bicyclic) bond motifs is 1. The molecule has 128 valence electrons. The highest BCUT2D eigenvalue weighted by atomic mass is 35.5. The van der Waals surface area contributed by atoms with Gasteiger partial charge < -0.3 is 5.32 Å². The van der Waals surface area contributed by atoms with Crippen LogP contribution in [0.5, 0.6) is 0 Å². The number of nitrogens with one attached hydrogen (secondary N) is 3. The summed E-state index contributed by atoms with van der Waals surface area (Å²) < 4.78 is 1.88. The molecule has 0 aliphatic carbocycles. The number of anilines is 1. The molecule has 0 saturated heterocycles. The first-order valence-electron chi connectivity index (χ1n) is 7.20. The van der Waals surface area contributed by atoms with Crippen LogP contribution in [0.15, 0.2) is 52.9 Å². The number of hydrazine groups is 1. The van der Waals surface area contributed by atoms with Gasteiger partial charge in [-0.2, -0.15) is 0 Å². The summed E-state index contributed by atoms with van der Waals surface area (Å²) in [6, 6.07) is 13.9. The van der Waals surface area contributed by atoms with E-state index in [9.17, 15) is 9.59 Å². The zero-order valence-corrected chi connectivity index (χ0v) is 15.2. The zero-order chi connectivity index (χ0) is 17.6. The first-order valence-corrected chi connectivity index (χ1v) is 9.38. The summed E-state index contributed by atoms with van der Waals surface area (Å²) in [4.78, 5) is 28.0. The molecule has 25 heavy (non-hydrogen) atoms. The Morgan fingerprint density at radius 1 is 1.08 bits per heavy atom. The number of halogens is 1. The maximum absolute atomic E-state index is 11.8. The standard InChI is InChI=1S/C16H13ClN4O2S2/c17-10-5-7-11(8-6-10)18-15(23)21-20-14(22)9-24-16-19-12-3-1-2-4-13(12)25-16/h1-8H,9H2,(H,20,22)(H2,18,21,23). The van der Waals surface area contributed by atoms with Crippen LogP contribution < -0.4 is 16.2 Å². The number of nitrogens with zero attached hydrogens (tertiary/aromatic N) is 1. The van der Waals surface area contributed by atoms with Crippen molar-refractivity contribution in [1.29, 1.82) is 0 Å². The highest BCUT2D eigenvalue weighted by molar-refractivity contribution is 8.01. The lowest BCUT2D eigenvalue weighted by Gasteiger charge is -2.08. The van der Waals surface area contributed by atoms with Gasteiger partial charge in [-0.1, -0.05) is 35.5 Å². The van der Waals surface area contributed by atoms with E-state index in [1.807, 2.05) is 24.3 Å². The minimum absolute atomic E-state index is 0.154. The van der Waals surface area contributed by atoms with E-state index < -0.39 is 6.03 Å². The predicted molar refractivity (Wildman–Crippen MR) is 102 cm³/mol. The quantitative estimate of drug-likeness (QED) is 0.464. The predicted octanol–water partition coefficient (Wildman–Crippen LogP) is 3.89. The first kappa shape index (κ1) is 17.5. The van der Waals surface area contributed by atoms with Gasteiger partial charge in [0.25, 0.3) is 0 Å². The van der Waals surface area contributed by atoms with Crippen molar-refractivity contribution in [3.63, 3.8) is 0 Å². The molecule has 0 bridgehead atoms. The summed E-state index contributed by atoms with van der Waals surface area (Å²) in [5, 5.41) is 3.15. The number of thioether (sulfide) groups is 1. The van der Waals surface area contributed by atoms with E-state index in [4.69, 9.17) is 11.6 Å². The second kappa shape index (κ2) is 8.19. The van der Waals surface area contributed by atoms with Crippen LogP contribution in [0.25, 0.3) is 10.2 Å². The number of aromatic nitrogens is 1. The van der Waals surface area contributed by atoms with Gasteiger partial charge in [-0.3, -0.25) is 10.2 Å². The van der Waals surface area contributed by atoms with Crippen molar-refractivity contribution in [1.82, 2.24) is 15.8 Å². The molecule has 0 saturated carbocycles. The van der Waals surface area contributed by atoms with E-state index in [1.165, 1.54) is 23.1 Å². The van der Waals surface area contributed by atoms with Crippen molar-refractivity contribution in [2.45, 2.75) is 4.34 Å². The molecule has 0 spiro atoms. The average Bonchev–Trinajstić information content (AvgIpc) is 3.03. The summed E-state index contributed by atoms with van der Waals surface area (Å²) in [7, 11) is 0. The number of benzene rings is 2. The number of rotatable bonds is 4. The SMILES string of the molecule is O=C(CSc1nc2ccccc2s1)NNC(=O)Nc1ccc(Cl)cc1. The highest BCUT2D eigenvalue weighted by Crippen LogP contribution is 2.28. The second-order valence-electron chi connectivity index (χ2n) is 4.87. The molecule has 1 heterocycles. The van der Waals surface area contributed by atoms with Gasteiger partial charge in [0, 0.05) is 10.7 Å². The Bertz CT molecular complexity index is 866. The molecule has 0 unspecified atom stereocenters. The van der Waals surface area contributed by atoms with Crippen LogP contribution >= 0.6 is 34.7 Å². The Hall–Kier alpha value is -2.29. The highest BCUT2D eigenvalue weighted by Gasteiger charge is 2.08. The number of hydrogen-bond donors (Lipinski definition) is 3. The summed E-state index contributed by atoms with van der Waals surface area (Å²) >= 11 is 8.62. The fourth-order valence-electron chi connectivity index (χ4n) is 1.90. The van der Waals surface area contributed by atoms with Crippen molar-refractivity contribution in [3.8, 4) is 0 Å². The number of thiazole rings is 1. The molecule has 3 aromatic rings. The third-order valence-corrected chi connectivity index (χ3v) is 5.45. The monoisotopic (exact) mass is 392 g/mol. The zero-order valence-electron chi connectivity index (χ0n) is 12.8. The minimum atomic E-state index is -0.541. The van der Waals surface area contributed by atoms with Gasteiger partial charge in [0.05, 0.1) is 16.0 Å². The number of amides is 3. The summed E-state index contributed by atoms with van der Waals surface area (Å²) in [5.41, 5.74) is 6.12. The maximum Gasteiger partial charge on any atom is 0.337 e. The maximum atomic E-state index is 11.8. The van der Waals surface area contributed by atoms with Crippen molar-refractivity contribution < 1.29 is 9.59 Å². The fourth-order valence-corrected chi connectivity index (χ4v) is 3.89. The fraction of sp³-hybridized carbons (Fsp3) is 0.0625. The van der Waals surface area contributed by atoms with Crippen molar-refractivity contribution in [2.75, 3.05) is 11.1 Å². The van der Waals surface area contributed by atoms with Gasteiger partial charge in [-0.15, -0.1) is 11.3 Å². The molecule has 0 aliphatic heterocycles. The van der Waals surface area contributed by atoms with E-state index in [-0.39, 0.29) is 11.7 Å². The van der Waals surface area contributed by atoms with Gasteiger partial charge >= 0.3 is 6.03 Å². The van der Waals surface area contributed by atoms with E-state index in [1.54, 1.807) is 24.3 Å². The third kappa shape index (κ3) is 5.09. The molecule has 6 nitrogen and oxygen atoms in total. The minimum Gasteiger partial charge on any atom is -0.307 e. The molecule has 3 N–H and O–H groups in total. The molecule has 1 aromatic heterocycles. The van der Waals surface area contributed by atoms with E-state index in [0.717, 1.165) is 14.6 Å². The smallest absolute Gasteiger partial charge is 0.307 e. The van der Waals surface area contributed by atoms with Crippen molar-refractivity contribution >= 4 is 62.5 Å². The second-order valence-corrected chi connectivity index (χ2v) is 7.56. The lowest BCUT2D eigenvalue weighted by Crippen LogP contribution is -2.44. The Labute approximate surface area is 156 Å². The molecule has 0 fully saturated rings. The van der Waals surface area contributed by atoms with Crippen LogP contribution in [0.3, 0.4) is 0 Å². The van der Waals surface area contributed by atoms with Gasteiger partial charge in [0.15, 0.2) is 4.34 Å². The van der Waals surface area contributed by atoms with Gasteiger partial charge in [-0.25, -0.2) is 15.2 Å². The molecule has 0 atom stereocenters. The molecular formula is C16H13ClN4O2S2. The van der Waals surface area contributed by atoms with Crippen molar-refractivity contribution in [2.24, 2.45) is 0 Å². The molecule has 3 amide bonds. The summed E-state index contributed by atoms with van der Waals surface area (Å²) in [6.07, 6.45) is 0. The van der Waals surface area contributed by atoms with Gasteiger partial charge in [-0.05, 0) is 36.4 Å². The Kier molecular flexibility index (Phi) is 5.75. The average molecular weight is 393 g/mol. The van der Waals surface area contributed by atoms with Crippen LogP contribution in [0, 0.1) is 0 Å². The number of carbonyl (C=O) groups excluding carboxylic acids is 2. The molecule has 3 rings (SSSR count). The van der Waals surface area contributed by atoms with Crippen LogP contribution in [0.1, 0.15) is 0 Å². The molecule has 0 aliphatic rings. The lowest BCUT2D eigenvalue weighted by molar-refractivity contribution is -0.119. The topological polar surface area (TPSA) is 83.1 Å². The Balaban J connectivity index is 1.43. The molecule has 9 heteroatoms. The normalized spacial score (nSPS) is 10.4. The summed E-state index contributed by atoms with van der Waals surface area (Å²) in [5.74, 6) is -0.170. The van der Waals surface area contributed by atoms with Crippen molar-refractivity contribution in [3.05, 3.63) is 53.6 Å². The van der Waals surface area contributed by atoms with E-state index in [2.05, 4.69) is 21.2 Å². The number of hydrogen-bond acceptors (Lipinski definition) is 5.